The monoisotopic (exact) mass is 267 g/mol. The molecule has 0 amide bonds. The highest BCUT2D eigenvalue weighted by molar-refractivity contribution is 6.33. The van der Waals surface area contributed by atoms with Gasteiger partial charge in [-0.25, -0.2) is 0 Å². The summed E-state index contributed by atoms with van der Waals surface area (Å²) in [6.07, 6.45) is 0.701. The molecule has 2 rings (SSSR count). The van der Waals surface area contributed by atoms with Crippen molar-refractivity contribution in [3.63, 3.8) is 0 Å². The van der Waals surface area contributed by atoms with E-state index < -0.39 is 0 Å². The second-order valence-electron chi connectivity index (χ2n) is 4.23. The summed E-state index contributed by atoms with van der Waals surface area (Å²) in [5.41, 5.74) is 0.542. The fourth-order valence-corrected chi connectivity index (χ4v) is 1.66. The molecule has 0 saturated carbocycles. The van der Waals surface area contributed by atoms with Crippen molar-refractivity contribution in [1.29, 1.82) is 0 Å². The molecule has 18 heavy (non-hydrogen) atoms. The summed E-state index contributed by atoms with van der Waals surface area (Å²) >= 11 is 6.02. The first-order chi connectivity index (χ1) is 8.56. The first kappa shape index (κ1) is 12.9. The Balaban J connectivity index is 2.21. The number of hydrogen-bond acceptors (Lipinski definition) is 5. The van der Waals surface area contributed by atoms with Gasteiger partial charge in [0, 0.05) is 13.0 Å². The highest BCUT2D eigenvalue weighted by Crippen LogP contribution is 2.29. The first-order valence-corrected chi connectivity index (χ1v) is 5.90. The lowest BCUT2D eigenvalue weighted by atomic mass is 10.2. The van der Waals surface area contributed by atoms with Crippen LogP contribution in [0, 0.1) is 0 Å². The van der Waals surface area contributed by atoms with E-state index in [1.807, 2.05) is 19.0 Å². The van der Waals surface area contributed by atoms with Gasteiger partial charge in [0.25, 0.3) is 5.89 Å². The van der Waals surface area contributed by atoms with Crippen LogP contribution in [0.5, 0.6) is 5.75 Å². The molecule has 1 heterocycles. The van der Waals surface area contributed by atoms with Crippen LogP contribution in [0.4, 0.5) is 0 Å². The highest BCUT2D eigenvalue weighted by Gasteiger charge is 2.13. The van der Waals surface area contributed by atoms with Gasteiger partial charge in [0.15, 0.2) is 5.82 Å². The Kier molecular flexibility index (Phi) is 3.84. The van der Waals surface area contributed by atoms with Crippen molar-refractivity contribution >= 4 is 11.6 Å². The number of rotatable bonds is 4. The summed E-state index contributed by atoms with van der Waals surface area (Å²) in [6, 6.07) is 4.61. The van der Waals surface area contributed by atoms with Gasteiger partial charge in [-0.3, -0.25) is 0 Å². The zero-order chi connectivity index (χ0) is 13.1. The molecular formula is C12H14ClN3O2. The zero-order valence-electron chi connectivity index (χ0n) is 10.2. The molecule has 1 aromatic carbocycles. The van der Waals surface area contributed by atoms with E-state index in [1.165, 1.54) is 12.1 Å². The maximum atomic E-state index is 9.43. The minimum Gasteiger partial charge on any atom is -0.508 e. The van der Waals surface area contributed by atoms with Gasteiger partial charge in [0.2, 0.25) is 0 Å². The molecule has 0 spiro atoms. The topological polar surface area (TPSA) is 62.4 Å². The van der Waals surface area contributed by atoms with Crippen molar-refractivity contribution in [3.8, 4) is 17.2 Å². The van der Waals surface area contributed by atoms with Crippen LogP contribution < -0.4 is 0 Å². The summed E-state index contributed by atoms with van der Waals surface area (Å²) in [5, 5.41) is 13.8. The van der Waals surface area contributed by atoms with Crippen molar-refractivity contribution in [2.75, 3.05) is 20.6 Å². The van der Waals surface area contributed by atoms with Gasteiger partial charge in [-0.2, -0.15) is 4.98 Å². The van der Waals surface area contributed by atoms with Crippen LogP contribution in [-0.2, 0) is 6.42 Å². The molecule has 1 aromatic heterocycles. The van der Waals surface area contributed by atoms with Crippen molar-refractivity contribution in [3.05, 3.63) is 29.0 Å². The Morgan fingerprint density at radius 3 is 2.89 bits per heavy atom. The molecule has 2 aromatic rings. The summed E-state index contributed by atoms with van der Waals surface area (Å²) in [7, 11) is 3.96. The number of aromatic nitrogens is 2. The Bertz CT molecular complexity index is 540. The zero-order valence-corrected chi connectivity index (χ0v) is 11.0. The smallest absolute Gasteiger partial charge is 0.259 e. The molecule has 1 N–H and O–H groups in total. The SMILES string of the molecule is CN(C)CCc1noc(-c2cc(O)ccc2Cl)n1. The van der Waals surface area contributed by atoms with E-state index in [0.717, 1.165) is 6.54 Å². The molecule has 0 aliphatic rings. The minimum atomic E-state index is 0.113. The van der Waals surface area contributed by atoms with Crippen LogP contribution in [0.15, 0.2) is 22.7 Å². The average molecular weight is 268 g/mol. The number of phenols is 1. The van der Waals surface area contributed by atoms with Crippen molar-refractivity contribution < 1.29 is 9.63 Å². The van der Waals surface area contributed by atoms with Crippen LogP contribution in [0.25, 0.3) is 11.5 Å². The Labute approximate surface area is 110 Å². The summed E-state index contributed by atoms with van der Waals surface area (Å²) in [4.78, 5) is 6.29. The third-order valence-corrected chi connectivity index (χ3v) is 2.76. The molecule has 6 heteroatoms. The van der Waals surface area contributed by atoms with E-state index in [1.54, 1.807) is 6.07 Å². The molecule has 0 atom stereocenters. The fourth-order valence-electron chi connectivity index (χ4n) is 1.47. The molecular weight excluding hydrogens is 254 g/mol. The van der Waals surface area contributed by atoms with Crippen molar-refractivity contribution in [2.24, 2.45) is 0 Å². The van der Waals surface area contributed by atoms with E-state index in [4.69, 9.17) is 16.1 Å². The third kappa shape index (κ3) is 3.00. The molecule has 0 aliphatic carbocycles. The quantitative estimate of drug-likeness (QED) is 0.920. The Morgan fingerprint density at radius 2 is 2.17 bits per heavy atom. The van der Waals surface area contributed by atoms with Gasteiger partial charge < -0.3 is 14.5 Å². The summed E-state index contributed by atoms with van der Waals surface area (Å²) < 4.78 is 5.14. The maximum absolute atomic E-state index is 9.43. The molecule has 0 fully saturated rings. The summed E-state index contributed by atoms with van der Waals surface area (Å²) in [6.45, 7) is 0.840. The number of benzene rings is 1. The lowest BCUT2D eigenvalue weighted by molar-refractivity contribution is 0.392. The van der Waals surface area contributed by atoms with E-state index in [-0.39, 0.29) is 5.75 Å². The fraction of sp³-hybridized carbons (Fsp3) is 0.333. The van der Waals surface area contributed by atoms with Crippen molar-refractivity contribution in [2.45, 2.75) is 6.42 Å². The predicted octanol–water partition coefficient (Wildman–Crippen LogP) is 2.20. The lowest BCUT2D eigenvalue weighted by Gasteiger charge is -2.05. The second-order valence-corrected chi connectivity index (χ2v) is 4.64. The normalized spacial score (nSPS) is 11.1. The van der Waals surface area contributed by atoms with Crippen LogP contribution >= 0.6 is 11.6 Å². The van der Waals surface area contributed by atoms with Gasteiger partial charge in [-0.15, -0.1) is 0 Å². The van der Waals surface area contributed by atoms with Gasteiger partial charge in [0.05, 0.1) is 10.6 Å². The molecule has 0 radical (unpaired) electrons. The number of halogens is 1. The number of phenolic OH excluding ortho intramolecular Hbond substituents is 1. The van der Waals surface area contributed by atoms with E-state index in [0.29, 0.717) is 28.7 Å². The number of nitrogens with zero attached hydrogens (tertiary/aromatic N) is 3. The average Bonchev–Trinajstić information content (AvgIpc) is 2.78. The standard InChI is InChI=1S/C12H14ClN3O2/c1-16(2)6-5-11-14-12(18-15-11)9-7-8(17)3-4-10(9)13/h3-4,7,17H,5-6H2,1-2H3. The Hall–Kier alpha value is -1.59. The number of hydrogen-bond donors (Lipinski definition) is 1. The lowest BCUT2D eigenvalue weighted by Crippen LogP contribution is -2.15. The van der Waals surface area contributed by atoms with Crippen LogP contribution in [0.2, 0.25) is 5.02 Å². The van der Waals surface area contributed by atoms with Crippen molar-refractivity contribution in [1.82, 2.24) is 15.0 Å². The second kappa shape index (κ2) is 5.37. The molecule has 0 aliphatic heterocycles. The van der Waals surface area contributed by atoms with Gasteiger partial charge >= 0.3 is 0 Å². The van der Waals surface area contributed by atoms with Crippen LogP contribution in [0.3, 0.4) is 0 Å². The third-order valence-electron chi connectivity index (χ3n) is 2.43. The molecule has 0 bridgehead atoms. The van der Waals surface area contributed by atoms with E-state index >= 15 is 0 Å². The molecule has 96 valence electrons. The minimum absolute atomic E-state index is 0.113. The maximum Gasteiger partial charge on any atom is 0.259 e. The van der Waals surface area contributed by atoms with E-state index in [9.17, 15) is 5.11 Å². The Morgan fingerprint density at radius 1 is 1.39 bits per heavy atom. The number of aromatic hydroxyl groups is 1. The van der Waals surface area contributed by atoms with Gasteiger partial charge in [-0.05, 0) is 32.3 Å². The van der Waals surface area contributed by atoms with E-state index in [2.05, 4.69) is 10.1 Å². The molecule has 0 unspecified atom stereocenters. The van der Waals surface area contributed by atoms with Crippen LogP contribution in [-0.4, -0.2) is 40.8 Å². The van der Waals surface area contributed by atoms with Gasteiger partial charge in [0.1, 0.15) is 5.75 Å². The predicted molar refractivity (Wildman–Crippen MR) is 68.7 cm³/mol. The van der Waals surface area contributed by atoms with Gasteiger partial charge in [-0.1, -0.05) is 16.8 Å². The first-order valence-electron chi connectivity index (χ1n) is 5.52. The number of likely N-dealkylation sites (N-methyl/N-ethyl adjacent to an activating group) is 1. The largest absolute Gasteiger partial charge is 0.508 e. The molecule has 0 saturated heterocycles. The molecule has 5 nitrogen and oxygen atoms in total. The summed E-state index contributed by atoms with van der Waals surface area (Å²) in [5.74, 6) is 1.06. The van der Waals surface area contributed by atoms with Crippen LogP contribution in [0.1, 0.15) is 5.82 Å². The highest BCUT2D eigenvalue weighted by atomic mass is 35.5.